The summed E-state index contributed by atoms with van der Waals surface area (Å²) in [7, 11) is 1.79. The van der Waals surface area contributed by atoms with Gasteiger partial charge in [0, 0.05) is 13.5 Å². The second kappa shape index (κ2) is 6.89. The van der Waals surface area contributed by atoms with Gasteiger partial charge < -0.3 is 10.0 Å². The van der Waals surface area contributed by atoms with Crippen molar-refractivity contribution in [2.45, 2.75) is 57.9 Å². The maximum Gasteiger partial charge on any atom is 0.222 e. The molecule has 0 aliphatic heterocycles. The number of hydrogen-bond acceptors (Lipinski definition) is 2. The van der Waals surface area contributed by atoms with Gasteiger partial charge in [0.25, 0.3) is 0 Å². The summed E-state index contributed by atoms with van der Waals surface area (Å²) in [5, 5.41) is 9.01. The lowest BCUT2D eigenvalue weighted by atomic mass is 9.96. The van der Waals surface area contributed by atoms with E-state index >= 15 is 0 Å². The molecule has 1 fully saturated rings. The minimum atomic E-state index is -0.0571. The highest BCUT2D eigenvalue weighted by molar-refractivity contribution is 5.76. The van der Waals surface area contributed by atoms with Gasteiger partial charge >= 0.3 is 0 Å². The molecule has 1 N–H and O–H groups in total. The van der Waals surface area contributed by atoms with Crippen LogP contribution in [0.5, 0.6) is 0 Å². The Labute approximate surface area is 98.8 Å². The van der Waals surface area contributed by atoms with E-state index in [0.717, 1.165) is 0 Å². The van der Waals surface area contributed by atoms with E-state index in [1.54, 1.807) is 11.9 Å². The van der Waals surface area contributed by atoms with Gasteiger partial charge in [-0.05, 0) is 25.7 Å². The van der Waals surface area contributed by atoms with Gasteiger partial charge in [-0.15, -0.1) is 0 Å². The predicted molar refractivity (Wildman–Crippen MR) is 65.1 cm³/mol. The number of rotatable bonds is 4. The number of hydrogen-bond donors (Lipinski definition) is 1. The fraction of sp³-hybridized carbons (Fsp3) is 0.923. The standard InChI is InChI=1S/C13H25NO2/c1-11(10-15)14(2)13(16)9-12-7-5-3-4-6-8-12/h11-12,15H,3-10H2,1-2H3. The van der Waals surface area contributed by atoms with Crippen LogP contribution in [0.15, 0.2) is 0 Å². The van der Waals surface area contributed by atoms with Gasteiger partial charge in [-0.3, -0.25) is 4.79 Å². The van der Waals surface area contributed by atoms with Crippen LogP contribution in [0.2, 0.25) is 0 Å². The van der Waals surface area contributed by atoms with E-state index in [4.69, 9.17) is 5.11 Å². The van der Waals surface area contributed by atoms with E-state index in [1.807, 2.05) is 6.92 Å². The van der Waals surface area contributed by atoms with Crippen LogP contribution < -0.4 is 0 Å². The van der Waals surface area contributed by atoms with Crippen molar-refractivity contribution >= 4 is 5.91 Å². The second-order valence-corrected chi connectivity index (χ2v) is 5.10. The quantitative estimate of drug-likeness (QED) is 0.748. The predicted octanol–water partition coefficient (Wildman–Crippen LogP) is 2.19. The molecule has 1 aliphatic rings. The molecular weight excluding hydrogens is 202 g/mol. The van der Waals surface area contributed by atoms with Gasteiger partial charge in [-0.25, -0.2) is 0 Å². The van der Waals surface area contributed by atoms with Gasteiger partial charge in [-0.2, -0.15) is 0 Å². The fourth-order valence-electron chi connectivity index (χ4n) is 2.33. The number of amides is 1. The summed E-state index contributed by atoms with van der Waals surface area (Å²) in [4.78, 5) is 13.6. The molecule has 0 aromatic carbocycles. The highest BCUT2D eigenvalue weighted by Gasteiger charge is 2.20. The number of nitrogens with zero attached hydrogens (tertiary/aromatic N) is 1. The van der Waals surface area contributed by atoms with Crippen LogP contribution in [0.4, 0.5) is 0 Å². The molecule has 16 heavy (non-hydrogen) atoms. The van der Waals surface area contributed by atoms with Crippen molar-refractivity contribution in [2.24, 2.45) is 5.92 Å². The first-order chi connectivity index (χ1) is 7.65. The van der Waals surface area contributed by atoms with Crippen molar-refractivity contribution in [2.75, 3.05) is 13.7 Å². The first-order valence-electron chi connectivity index (χ1n) is 6.51. The van der Waals surface area contributed by atoms with Crippen molar-refractivity contribution in [3.05, 3.63) is 0 Å². The third kappa shape index (κ3) is 4.12. The largest absolute Gasteiger partial charge is 0.394 e. The molecule has 1 atom stereocenters. The average molecular weight is 227 g/mol. The molecule has 1 rings (SSSR count). The zero-order chi connectivity index (χ0) is 12.0. The molecule has 0 spiro atoms. The number of aliphatic hydroxyl groups excluding tert-OH is 1. The summed E-state index contributed by atoms with van der Waals surface area (Å²) in [5.41, 5.74) is 0. The van der Waals surface area contributed by atoms with Gasteiger partial charge in [0.1, 0.15) is 0 Å². The number of aliphatic hydroxyl groups is 1. The molecule has 0 bridgehead atoms. The first kappa shape index (κ1) is 13.5. The molecular formula is C13H25NO2. The second-order valence-electron chi connectivity index (χ2n) is 5.10. The zero-order valence-corrected chi connectivity index (χ0v) is 10.6. The Morgan fingerprint density at radius 2 is 1.88 bits per heavy atom. The Morgan fingerprint density at radius 1 is 1.31 bits per heavy atom. The summed E-state index contributed by atoms with van der Waals surface area (Å²) >= 11 is 0. The Kier molecular flexibility index (Phi) is 5.81. The summed E-state index contributed by atoms with van der Waals surface area (Å²) in [6, 6.07) is -0.0571. The highest BCUT2D eigenvalue weighted by Crippen LogP contribution is 2.25. The van der Waals surface area contributed by atoms with Crippen molar-refractivity contribution in [1.82, 2.24) is 4.90 Å². The van der Waals surface area contributed by atoms with Gasteiger partial charge in [0.05, 0.1) is 12.6 Å². The number of carbonyl (C=O) groups excluding carboxylic acids is 1. The Bertz CT molecular complexity index is 210. The summed E-state index contributed by atoms with van der Waals surface area (Å²) in [5.74, 6) is 0.761. The summed E-state index contributed by atoms with van der Waals surface area (Å²) in [6.45, 7) is 1.93. The Morgan fingerprint density at radius 3 is 2.38 bits per heavy atom. The lowest BCUT2D eigenvalue weighted by molar-refractivity contribution is -0.133. The smallest absolute Gasteiger partial charge is 0.222 e. The molecule has 1 aliphatic carbocycles. The monoisotopic (exact) mass is 227 g/mol. The molecule has 0 aromatic heterocycles. The topological polar surface area (TPSA) is 40.5 Å². The molecule has 1 saturated carbocycles. The highest BCUT2D eigenvalue weighted by atomic mass is 16.3. The lowest BCUT2D eigenvalue weighted by Gasteiger charge is -2.25. The van der Waals surface area contributed by atoms with Crippen LogP contribution in [0, 0.1) is 5.92 Å². The van der Waals surface area contributed by atoms with Crippen molar-refractivity contribution in [1.29, 1.82) is 0 Å². The molecule has 1 amide bonds. The van der Waals surface area contributed by atoms with Crippen LogP contribution in [0.1, 0.15) is 51.9 Å². The minimum absolute atomic E-state index is 0.0485. The van der Waals surface area contributed by atoms with Crippen LogP contribution >= 0.6 is 0 Å². The zero-order valence-electron chi connectivity index (χ0n) is 10.6. The minimum Gasteiger partial charge on any atom is -0.394 e. The SMILES string of the molecule is CC(CO)N(C)C(=O)CC1CCCCCC1. The summed E-state index contributed by atoms with van der Waals surface area (Å²) in [6.07, 6.45) is 8.27. The molecule has 3 nitrogen and oxygen atoms in total. The van der Waals surface area contributed by atoms with E-state index in [1.165, 1.54) is 38.5 Å². The van der Waals surface area contributed by atoms with Crippen LogP contribution in [-0.2, 0) is 4.79 Å². The molecule has 0 aromatic rings. The van der Waals surface area contributed by atoms with Crippen LogP contribution in [0.3, 0.4) is 0 Å². The normalized spacial score (nSPS) is 20.2. The maximum atomic E-state index is 11.9. The Balaban J connectivity index is 2.37. The third-order valence-corrected chi connectivity index (χ3v) is 3.76. The molecule has 3 heteroatoms. The van der Waals surface area contributed by atoms with Gasteiger partial charge in [-0.1, -0.05) is 25.7 Å². The number of likely N-dealkylation sites (N-methyl/N-ethyl adjacent to an activating group) is 1. The average Bonchev–Trinajstić information content (AvgIpc) is 2.55. The van der Waals surface area contributed by atoms with Crippen LogP contribution in [-0.4, -0.2) is 35.6 Å². The van der Waals surface area contributed by atoms with Crippen molar-refractivity contribution < 1.29 is 9.90 Å². The molecule has 0 heterocycles. The third-order valence-electron chi connectivity index (χ3n) is 3.76. The molecule has 0 saturated heterocycles. The molecule has 1 unspecified atom stereocenters. The van der Waals surface area contributed by atoms with Crippen LogP contribution in [0.25, 0.3) is 0 Å². The van der Waals surface area contributed by atoms with E-state index in [9.17, 15) is 4.79 Å². The lowest BCUT2D eigenvalue weighted by Crippen LogP contribution is -2.38. The molecule has 94 valence electrons. The van der Waals surface area contributed by atoms with E-state index in [2.05, 4.69) is 0 Å². The van der Waals surface area contributed by atoms with Gasteiger partial charge in [0.2, 0.25) is 5.91 Å². The van der Waals surface area contributed by atoms with Gasteiger partial charge in [0.15, 0.2) is 0 Å². The molecule has 0 radical (unpaired) electrons. The first-order valence-corrected chi connectivity index (χ1v) is 6.51. The number of carbonyl (C=O) groups is 1. The van der Waals surface area contributed by atoms with E-state index < -0.39 is 0 Å². The van der Waals surface area contributed by atoms with E-state index in [-0.39, 0.29) is 18.6 Å². The van der Waals surface area contributed by atoms with Crippen molar-refractivity contribution in [3.63, 3.8) is 0 Å². The maximum absolute atomic E-state index is 11.9. The fourth-order valence-corrected chi connectivity index (χ4v) is 2.33. The summed E-state index contributed by atoms with van der Waals surface area (Å²) < 4.78 is 0. The Hall–Kier alpha value is -0.570. The van der Waals surface area contributed by atoms with Crippen molar-refractivity contribution in [3.8, 4) is 0 Å². The van der Waals surface area contributed by atoms with E-state index in [0.29, 0.717) is 12.3 Å².